The van der Waals surface area contributed by atoms with E-state index >= 15 is 0 Å². The molecule has 2 aromatic heterocycles. The highest BCUT2D eigenvalue weighted by Gasteiger charge is 2.11. The van der Waals surface area contributed by atoms with Gasteiger partial charge < -0.3 is 4.42 Å². The maximum absolute atomic E-state index is 11.8. The summed E-state index contributed by atoms with van der Waals surface area (Å²) in [4.78, 5) is 16.1. The highest BCUT2D eigenvalue weighted by molar-refractivity contribution is 6.00. The lowest BCUT2D eigenvalue weighted by molar-refractivity contribution is -0.112. The number of carbonyl (C=O) groups excluding carboxylic acids is 1. The van der Waals surface area contributed by atoms with Gasteiger partial charge in [0, 0.05) is 11.8 Å². The predicted octanol–water partition coefficient (Wildman–Crippen LogP) is 3.09. The van der Waals surface area contributed by atoms with Crippen molar-refractivity contribution in [3.05, 3.63) is 65.9 Å². The number of benzene rings is 1. The molecule has 1 aromatic carbocycles. The Morgan fingerprint density at radius 1 is 1.09 bits per heavy atom. The number of nitrogens with zero attached hydrogens (tertiary/aromatic N) is 3. The second-order valence-electron chi connectivity index (χ2n) is 4.81. The van der Waals surface area contributed by atoms with Crippen molar-refractivity contribution in [2.24, 2.45) is 0 Å². The van der Waals surface area contributed by atoms with E-state index in [9.17, 15) is 4.79 Å². The standard InChI is InChI=1S/C17H14N4O2/c1-12-6-5-9-14(18-12)16-20-21-17(23-16)19-15(22)11-10-13-7-3-2-4-8-13/h2-11H,1H3,(H,19,21,22)/b11-10+. The lowest BCUT2D eigenvalue weighted by Crippen LogP contribution is -2.07. The summed E-state index contributed by atoms with van der Waals surface area (Å²) in [5.74, 6) is -0.0858. The number of anilines is 1. The fraction of sp³-hybridized carbons (Fsp3) is 0.0588. The van der Waals surface area contributed by atoms with E-state index in [0.29, 0.717) is 5.69 Å². The van der Waals surface area contributed by atoms with E-state index in [2.05, 4.69) is 20.5 Å². The normalized spacial score (nSPS) is 10.8. The number of aryl methyl sites for hydroxylation is 1. The van der Waals surface area contributed by atoms with Crippen LogP contribution in [0.5, 0.6) is 0 Å². The van der Waals surface area contributed by atoms with Crippen LogP contribution in [0.3, 0.4) is 0 Å². The van der Waals surface area contributed by atoms with Crippen LogP contribution in [0.25, 0.3) is 17.7 Å². The summed E-state index contributed by atoms with van der Waals surface area (Å²) in [7, 11) is 0. The van der Waals surface area contributed by atoms with E-state index in [1.165, 1.54) is 6.08 Å². The van der Waals surface area contributed by atoms with Gasteiger partial charge in [0.25, 0.3) is 11.8 Å². The van der Waals surface area contributed by atoms with Crippen LogP contribution in [-0.2, 0) is 4.79 Å². The van der Waals surface area contributed by atoms with E-state index in [4.69, 9.17) is 4.42 Å². The lowest BCUT2D eigenvalue weighted by Gasteiger charge is -1.96. The van der Waals surface area contributed by atoms with Gasteiger partial charge in [-0.1, -0.05) is 41.5 Å². The molecule has 0 fully saturated rings. The molecule has 6 heteroatoms. The first-order chi connectivity index (χ1) is 11.2. The Morgan fingerprint density at radius 2 is 1.91 bits per heavy atom. The molecule has 1 amide bonds. The van der Waals surface area contributed by atoms with Crippen LogP contribution >= 0.6 is 0 Å². The van der Waals surface area contributed by atoms with Crippen LogP contribution in [0.4, 0.5) is 6.01 Å². The van der Waals surface area contributed by atoms with E-state index in [1.54, 1.807) is 12.1 Å². The Hall–Kier alpha value is -3.28. The first kappa shape index (κ1) is 14.6. The molecule has 2 heterocycles. The first-order valence-corrected chi connectivity index (χ1v) is 7.02. The van der Waals surface area contributed by atoms with Crippen molar-refractivity contribution in [3.63, 3.8) is 0 Å². The Balaban J connectivity index is 1.67. The zero-order valence-corrected chi connectivity index (χ0v) is 12.4. The van der Waals surface area contributed by atoms with Crippen molar-refractivity contribution in [2.45, 2.75) is 6.92 Å². The van der Waals surface area contributed by atoms with Crippen molar-refractivity contribution >= 4 is 18.0 Å². The van der Waals surface area contributed by atoms with Crippen molar-refractivity contribution < 1.29 is 9.21 Å². The van der Waals surface area contributed by atoms with Gasteiger partial charge in [0.15, 0.2) is 0 Å². The van der Waals surface area contributed by atoms with Crippen molar-refractivity contribution in [2.75, 3.05) is 5.32 Å². The number of pyridine rings is 1. The summed E-state index contributed by atoms with van der Waals surface area (Å²) >= 11 is 0. The van der Waals surface area contributed by atoms with E-state index < -0.39 is 0 Å². The average molecular weight is 306 g/mol. The minimum Gasteiger partial charge on any atom is -0.401 e. The maximum Gasteiger partial charge on any atom is 0.322 e. The molecule has 6 nitrogen and oxygen atoms in total. The lowest BCUT2D eigenvalue weighted by atomic mass is 10.2. The summed E-state index contributed by atoms with van der Waals surface area (Å²) in [6, 6.07) is 15.0. The summed E-state index contributed by atoms with van der Waals surface area (Å²) in [6.45, 7) is 1.87. The van der Waals surface area contributed by atoms with Crippen LogP contribution in [0, 0.1) is 6.92 Å². The molecule has 3 rings (SSSR count). The number of carbonyl (C=O) groups is 1. The van der Waals surface area contributed by atoms with Crippen molar-refractivity contribution in [3.8, 4) is 11.6 Å². The van der Waals surface area contributed by atoms with Gasteiger partial charge in [-0.25, -0.2) is 4.98 Å². The van der Waals surface area contributed by atoms with Crippen LogP contribution in [0.2, 0.25) is 0 Å². The summed E-state index contributed by atoms with van der Waals surface area (Å²) in [5, 5.41) is 10.2. The minimum atomic E-state index is -0.346. The highest BCUT2D eigenvalue weighted by Crippen LogP contribution is 2.17. The van der Waals surface area contributed by atoms with Gasteiger partial charge in [-0.15, -0.1) is 5.10 Å². The van der Waals surface area contributed by atoms with E-state index in [-0.39, 0.29) is 17.8 Å². The van der Waals surface area contributed by atoms with Crippen LogP contribution in [0.1, 0.15) is 11.3 Å². The number of hydrogen-bond acceptors (Lipinski definition) is 5. The molecule has 0 radical (unpaired) electrons. The van der Waals surface area contributed by atoms with Crippen LogP contribution < -0.4 is 5.32 Å². The molecule has 0 atom stereocenters. The quantitative estimate of drug-likeness (QED) is 0.749. The molecule has 0 aliphatic heterocycles. The van der Waals surface area contributed by atoms with Crippen LogP contribution in [-0.4, -0.2) is 21.1 Å². The van der Waals surface area contributed by atoms with Gasteiger partial charge in [0.1, 0.15) is 5.69 Å². The van der Waals surface area contributed by atoms with Gasteiger partial charge >= 0.3 is 6.01 Å². The molecule has 0 bridgehead atoms. The zero-order valence-electron chi connectivity index (χ0n) is 12.4. The number of hydrogen-bond donors (Lipinski definition) is 1. The average Bonchev–Trinajstić information content (AvgIpc) is 3.02. The molecule has 114 valence electrons. The van der Waals surface area contributed by atoms with Crippen molar-refractivity contribution in [1.82, 2.24) is 15.2 Å². The number of rotatable bonds is 4. The Bertz CT molecular complexity index is 841. The maximum atomic E-state index is 11.8. The van der Waals surface area contributed by atoms with Gasteiger partial charge in [-0.2, -0.15) is 0 Å². The minimum absolute atomic E-state index is 0.0333. The fourth-order valence-corrected chi connectivity index (χ4v) is 1.92. The first-order valence-electron chi connectivity index (χ1n) is 7.02. The second-order valence-corrected chi connectivity index (χ2v) is 4.81. The van der Waals surface area contributed by atoms with Gasteiger partial charge in [-0.3, -0.25) is 10.1 Å². The molecule has 0 saturated heterocycles. The second kappa shape index (κ2) is 6.65. The summed E-state index contributed by atoms with van der Waals surface area (Å²) in [6.07, 6.45) is 3.11. The molecular formula is C17H14N4O2. The number of nitrogens with one attached hydrogen (secondary N) is 1. The highest BCUT2D eigenvalue weighted by atomic mass is 16.4. The SMILES string of the molecule is Cc1cccc(-c2nnc(NC(=O)/C=C/c3ccccc3)o2)n1. The predicted molar refractivity (Wildman–Crippen MR) is 86.4 cm³/mol. The molecular weight excluding hydrogens is 292 g/mol. The molecule has 1 N–H and O–H groups in total. The Labute approximate surface area is 132 Å². The van der Waals surface area contributed by atoms with Gasteiger partial charge in [-0.05, 0) is 30.7 Å². The largest absolute Gasteiger partial charge is 0.401 e. The zero-order chi connectivity index (χ0) is 16.1. The summed E-state index contributed by atoms with van der Waals surface area (Å²) in [5.41, 5.74) is 2.34. The fourth-order valence-electron chi connectivity index (χ4n) is 1.92. The Kier molecular flexibility index (Phi) is 4.24. The molecule has 23 heavy (non-hydrogen) atoms. The molecule has 0 unspecified atom stereocenters. The monoisotopic (exact) mass is 306 g/mol. The molecule has 0 spiro atoms. The number of amides is 1. The van der Waals surface area contributed by atoms with Gasteiger partial charge in [0.2, 0.25) is 0 Å². The number of aromatic nitrogens is 3. The third-order valence-corrected chi connectivity index (χ3v) is 2.99. The molecule has 3 aromatic rings. The molecule has 0 aliphatic rings. The Morgan fingerprint density at radius 3 is 2.70 bits per heavy atom. The van der Waals surface area contributed by atoms with Gasteiger partial charge in [0.05, 0.1) is 0 Å². The molecule has 0 aliphatic carbocycles. The van der Waals surface area contributed by atoms with E-state index in [0.717, 1.165) is 11.3 Å². The van der Waals surface area contributed by atoms with E-state index in [1.807, 2.05) is 49.4 Å². The van der Waals surface area contributed by atoms with Crippen LogP contribution in [0.15, 0.2) is 59.0 Å². The third-order valence-electron chi connectivity index (χ3n) is 2.99. The smallest absolute Gasteiger partial charge is 0.322 e. The topological polar surface area (TPSA) is 80.9 Å². The summed E-state index contributed by atoms with van der Waals surface area (Å²) < 4.78 is 5.40. The molecule has 0 saturated carbocycles. The van der Waals surface area contributed by atoms with Crippen molar-refractivity contribution in [1.29, 1.82) is 0 Å². The third kappa shape index (κ3) is 3.88.